The van der Waals surface area contributed by atoms with Gasteiger partial charge in [0.25, 0.3) is 5.91 Å². The van der Waals surface area contributed by atoms with Crippen molar-refractivity contribution < 1.29 is 14.3 Å². The second kappa shape index (κ2) is 9.56. The van der Waals surface area contributed by atoms with E-state index in [2.05, 4.69) is 15.5 Å². The van der Waals surface area contributed by atoms with Crippen molar-refractivity contribution in [2.45, 2.75) is 26.8 Å². The molecule has 1 atom stereocenters. The molecule has 1 fully saturated rings. The summed E-state index contributed by atoms with van der Waals surface area (Å²) in [5, 5.41) is 5.78. The van der Waals surface area contributed by atoms with Gasteiger partial charge in [-0.2, -0.15) is 0 Å². The Morgan fingerprint density at radius 1 is 0.966 bits per heavy atom. The molecule has 0 radical (unpaired) electrons. The summed E-state index contributed by atoms with van der Waals surface area (Å²) in [4.78, 5) is 27.6. The molecular weight excluding hydrogens is 366 g/mol. The van der Waals surface area contributed by atoms with Crippen LogP contribution in [0.5, 0.6) is 0 Å². The van der Waals surface area contributed by atoms with Crippen LogP contribution in [0.3, 0.4) is 0 Å². The lowest BCUT2D eigenvalue weighted by Gasteiger charge is -2.29. The molecular formula is C23H29N3O3. The highest BCUT2D eigenvalue weighted by Crippen LogP contribution is 2.19. The number of hydrogen-bond acceptors (Lipinski definition) is 4. The fraction of sp³-hybridized carbons (Fsp3) is 0.391. The molecule has 1 aliphatic rings. The van der Waals surface area contributed by atoms with Gasteiger partial charge < -0.3 is 20.3 Å². The van der Waals surface area contributed by atoms with E-state index in [-0.39, 0.29) is 17.7 Å². The normalized spacial score (nSPS) is 15.1. The molecule has 0 saturated carbocycles. The largest absolute Gasteiger partial charge is 0.378 e. The minimum Gasteiger partial charge on any atom is -0.378 e. The highest BCUT2D eigenvalue weighted by molar-refractivity contribution is 6.01. The predicted octanol–water partition coefficient (Wildman–Crippen LogP) is 3.22. The van der Waals surface area contributed by atoms with Gasteiger partial charge in [-0.05, 0) is 49.2 Å². The van der Waals surface area contributed by atoms with E-state index in [9.17, 15) is 9.59 Å². The molecule has 1 heterocycles. The molecule has 154 valence electrons. The number of ether oxygens (including phenoxy) is 1. The van der Waals surface area contributed by atoms with E-state index in [0.717, 1.165) is 37.6 Å². The van der Waals surface area contributed by atoms with Gasteiger partial charge in [0.05, 0.1) is 13.2 Å². The molecule has 1 aliphatic heterocycles. The van der Waals surface area contributed by atoms with Gasteiger partial charge in [0, 0.05) is 30.0 Å². The summed E-state index contributed by atoms with van der Waals surface area (Å²) in [6.07, 6.45) is 0. The zero-order valence-electron chi connectivity index (χ0n) is 17.3. The average Bonchev–Trinajstić information content (AvgIpc) is 2.73. The number of rotatable bonds is 6. The van der Waals surface area contributed by atoms with Gasteiger partial charge in [-0.15, -0.1) is 0 Å². The Bertz CT molecular complexity index is 825. The first-order valence-electron chi connectivity index (χ1n) is 10.0. The number of benzene rings is 2. The van der Waals surface area contributed by atoms with E-state index in [1.54, 1.807) is 12.1 Å². The van der Waals surface area contributed by atoms with Crippen LogP contribution in [-0.4, -0.2) is 44.2 Å². The maximum absolute atomic E-state index is 12.8. The van der Waals surface area contributed by atoms with Crippen molar-refractivity contribution in [1.82, 2.24) is 5.32 Å². The van der Waals surface area contributed by atoms with E-state index in [4.69, 9.17) is 4.74 Å². The summed E-state index contributed by atoms with van der Waals surface area (Å²) in [5.41, 5.74) is 3.45. The third-order valence-electron chi connectivity index (χ3n) is 5.06. The molecule has 2 amide bonds. The molecule has 6 nitrogen and oxygen atoms in total. The predicted molar refractivity (Wildman–Crippen MR) is 115 cm³/mol. The van der Waals surface area contributed by atoms with E-state index >= 15 is 0 Å². The van der Waals surface area contributed by atoms with Gasteiger partial charge in [0.1, 0.15) is 6.04 Å². The van der Waals surface area contributed by atoms with Crippen molar-refractivity contribution >= 4 is 23.2 Å². The molecule has 2 N–H and O–H groups in total. The van der Waals surface area contributed by atoms with Crippen LogP contribution < -0.4 is 15.5 Å². The molecule has 1 unspecified atom stereocenters. The van der Waals surface area contributed by atoms with E-state index < -0.39 is 6.04 Å². The molecule has 0 bridgehead atoms. The van der Waals surface area contributed by atoms with Crippen molar-refractivity contribution in [3.8, 4) is 0 Å². The molecule has 1 saturated heterocycles. The van der Waals surface area contributed by atoms with Gasteiger partial charge in [-0.1, -0.05) is 31.5 Å². The fourth-order valence-corrected chi connectivity index (χ4v) is 3.26. The number of anilines is 2. The number of carbonyl (C=O) groups is 2. The summed E-state index contributed by atoms with van der Waals surface area (Å²) in [7, 11) is 0. The van der Waals surface area contributed by atoms with Gasteiger partial charge in [0.15, 0.2) is 0 Å². The first kappa shape index (κ1) is 20.9. The van der Waals surface area contributed by atoms with Gasteiger partial charge >= 0.3 is 0 Å². The minimum absolute atomic E-state index is 0.0444. The van der Waals surface area contributed by atoms with Gasteiger partial charge in [-0.3, -0.25) is 9.59 Å². The number of nitrogens with zero attached hydrogens (tertiary/aromatic N) is 1. The van der Waals surface area contributed by atoms with Crippen molar-refractivity contribution in [2.75, 3.05) is 36.5 Å². The summed E-state index contributed by atoms with van der Waals surface area (Å²) in [6, 6.07) is 14.5. The number of morpholine rings is 1. The van der Waals surface area contributed by atoms with E-state index in [1.165, 1.54) is 0 Å². The number of hydrogen-bond donors (Lipinski definition) is 2. The van der Waals surface area contributed by atoms with Crippen LogP contribution in [0.25, 0.3) is 0 Å². The second-order valence-corrected chi connectivity index (χ2v) is 7.70. The maximum atomic E-state index is 12.8. The summed E-state index contributed by atoms with van der Waals surface area (Å²) in [6.45, 7) is 9.00. The first-order chi connectivity index (χ1) is 13.9. The number of nitrogens with one attached hydrogen (secondary N) is 2. The zero-order valence-corrected chi connectivity index (χ0v) is 17.3. The molecule has 3 rings (SSSR count). The Kier molecular flexibility index (Phi) is 6.88. The van der Waals surface area contributed by atoms with Gasteiger partial charge in [-0.25, -0.2) is 0 Å². The molecule has 2 aromatic carbocycles. The molecule has 6 heteroatoms. The van der Waals surface area contributed by atoms with Crippen LogP contribution >= 0.6 is 0 Å². The van der Waals surface area contributed by atoms with E-state index in [1.807, 2.05) is 57.2 Å². The highest BCUT2D eigenvalue weighted by atomic mass is 16.5. The van der Waals surface area contributed by atoms with Crippen LogP contribution in [0.2, 0.25) is 0 Å². The average molecular weight is 396 g/mol. The van der Waals surface area contributed by atoms with Crippen LogP contribution in [0.1, 0.15) is 29.8 Å². The number of aryl methyl sites for hydroxylation is 1. The second-order valence-electron chi connectivity index (χ2n) is 7.70. The minimum atomic E-state index is -0.622. The standard InChI is InChI=1S/C23H29N3O3/c1-16(2)21(25-22(27)18-6-4-17(3)5-7-18)23(28)24-19-8-10-20(11-9-19)26-12-14-29-15-13-26/h4-11,16,21H,12-15H2,1-3H3,(H,24,28)(H,25,27). The Morgan fingerprint density at radius 2 is 1.59 bits per heavy atom. The topological polar surface area (TPSA) is 70.7 Å². The summed E-state index contributed by atoms with van der Waals surface area (Å²) >= 11 is 0. The maximum Gasteiger partial charge on any atom is 0.251 e. The smallest absolute Gasteiger partial charge is 0.251 e. The number of amides is 2. The quantitative estimate of drug-likeness (QED) is 0.788. The van der Waals surface area contributed by atoms with Crippen LogP contribution in [0.15, 0.2) is 48.5 Å². The lowest BCUT2D eigenvalue weighted by atomic mass is 10.0. The Morgan fingerprint density at radius 3 is 2.17 bits per heavy atom. The summed E-state index contributed by atoms with van der Waals surface area (Å²) in [5.74, 6) is -0.516. The Balaban J connectivity index is 1.63. The van der Waals surface area contributed by atoms with Crippen LogP contribution in [-0.2, 0) is 9.53 Å². The van der Waals surface area contributed by atoms with E-state index in [0.29, 0.717) is 11.3 Å². The zero-order chi connectivity index (χ0) is 20.8. The van der Waals surface area contributed by atoms with Gasteiger partial charge in [0.2, 0.25) is 5.91 Å². The van der Waals surface area contributed by atoms with Crippen molar-refractivity contribution in [1.29, 1.82) is 0 Å². The molecule has 0 spiro atoms. The molecule has 0 aromatic heterocycles. The van der Waals surface area contributed by atoms with Crippen molar-refractivity contribution in [2.24, 2.45) is 5.92 Å². The van der Waals surface area contributed by atoms with Crippen LogP contribution in [0, 0.1) is 12.8 Å². The first-order valence-corrected chi connectivity index (χ1v) is 10.0. The Labute approximate surface area is 172 Å². The lowest BCUT2D eigenvalue weighted by molar-refractivity contribution is -0.118. The lowest BCUT2D eigenvalue weighted by Crippen LogP contribution is -2.47. The number of carbonyl (C=O) groups excluding carboxylic acids is 2. The summed E-state index contributed by atoms with van der Waals surface area (Å²) < 4.78 is 5.38. The third-order valence-corrected chi connectivity index (χ3v) is 5.06. The van der Waals surface area contributed by atoms with Crippen LogP contribution in [0.4, 0.5) is 11.4 Å². The van der Waals surface area contributed by atoms with Crippen molar-refractivity contribution in [3.63, 3.8) is 0 Å². The fourth-order valence-electron chi connectivity index (χ4n) is 3.26. The SMILES string of the molecule is Cc1ccc(C(=O)NC(C(=O)Nc2ccc(N3CCOCC3)cc2)C(C)C)cc1. The molecule has 0 aliphatic carbocycles. The monoisotopic (exact) mass is 395 g/mol. The highest BCUT2D eigenvalue weighted by Gasteiger charge is 2.25. The molecule has 2 aromatic rings. The third kappa shape index (κ3) is 5.57. The Hall–Kier alpha value is -2.86. The van der Waals surface area contributed by atoms with Crippen molar-refractivity contribution in [3.05, 3.63) is 59.7 Å². The molecule has 29 heavy (non-hydrogen) atoms.